The molecule has 1 heterocycles. The Morgan fingerprint density at radius 2 is 1.88 bits per heavy atom. The predicted molar refractivity (Wildman–Crippen MR) is 114 cm³/mol. The highest BCUT2D eigenvalue weighted by atomic mass is 35.5. The lowest BCUT2D eigenvalue weighted by Gasteiger charge is -2.56. The number of fused-ring (bicyclic) bond motifs is 3. The van der Waals surface area contributed by atoms with Crippen molar-refractivity contribution in [1.29, 1.82) is 0 Å². The van der Waals surface area contributed by atoms with E-state index in [0.717, 1.165) is 6.07 Å². The first-order valence-electron chi connectivity index (χ1n) is 10.6. The van der Waals surface area contributed by atoms with Crippen LogP contribution in [0, 0.1) is 12.7 Å². The summed E-state index contributed by atoms with van der Waals surface area (Å²) in [6.07, 6.45) is 1.67. The van der Waals surface area contributed by atoms with E-state index >= 15 is 0 Å². The van der Waals surface area contributed by atoms with Crippen molar-refractivity contribution in [2.45, 2.75) is 56.2 Å². The molecular formula is C22H25ClFN3O6. The largest absolute Gasteiger partial charge is 0.484 e. The monoisotopic (exact) mass is 481 g/mol. The number of ether oxygens (including phenoxy) is 2. The second kappa shape index (κ2) is 9.18. The fraction of sp³-hybridized carbons (Fsp3) is 0.500. The molecule has 0 aliphatic heterocycles. The number of benzene rings is 1. The first-order chi connectivity index (χ1) is 15.7. The Morgan fingerprint density at radius 1 is 1.18 bits per heavy atom. The van der Waals surface area contributed by atoms with Gasteiger partial charge < -0.3 is 29.7 Å². The van der Waals surface area contributed by atoms with Gasteiger partial charge in [0, 0.05) is 17.7 Å². The number of nitrogens with zero attached hydrogens (tertiary/aromatic N) is 1. The molecule has 9 nitrogen and oxygen atoms in total. The lowest BCUT2D eigenvalue weighted by Crippen LogP contribution is -2.70. The molecule has 33 heavy (non-hydrogen) atoms. The molecule has 0 radical (unpaired) electrons. The topological polar surface area (TPSA) is 123 Å². The second-order valence-electron chi connectivity index (χ2n) is 8.68. The van der Waals surface area contributed by atoms with Crippen LogP contribution in [-0.4, -0.2) is 52.5 Å². The van der Waals surface area contributed by atoms with Crippen LogP contribution in [0.4, 0.5) is 4.39 Å². The van der Waals surface area contributed by atoms with Crippen LogP contribution in [0.25, 0.3) is 0 Å². The van der Waals surface area contributed by atoms with Gasteiger partial charge in [0.05, 0.1) is 16.7 Å². The van der Waals surface area contributed by atoms with Gasteiger partial charge in [-0.1, -0.05) is 11.6 Å². The summed E-state index contributed by atoms with van der Waals surface area (Å²) < 4.78 is 29.1. The Hall–Kier alpha value is -2.85. The van der Waals surface area contributed by atoms with Gasteiger partial charge in [-0.2, -0.15) is 0 Å². The summed E-state index contributed by atoms with van der Waals surface area (Å²) in [5.41, 5.74) is -1.34. The van der Waals surface area contributed by atoms with E-state index < -0.39 is 28.9 Å². The molecule has 0 saturated heterocycles. The molecule has 0 spiro atoms. The molecule has 3 N–H and O–H groups in total. The van der Waals surface area contributed by atoms with Gasteiger partial charge in [0.15, 0.2) is 13.2 Å². The molecule has 1 atom stereocenters. The number of nitrogens with one attached hydrogen (secondary N) is 2. The molecule has 3 aliphatic rings. The lowest BCUT2D eigenvalue weighted by atomic mass is 9.60. The zero-order valence-corrected chi connectivity index (χ0v) is 18.8. The van der Waals surface area contributed by atoms with Crippen molar-refractivity contribution in [2.75, 3.05) is 13.2 Å². The summed E-state index contributed by atoms with van der Waals surface area (Å²) in [6, 6.07) is 5.51. The van der Waals surface area contributed by atoms with Crippen LogP contribution in [0.3, 0.4) is 0 Å². The average Bonchev–Trinajstić information content (AvgIpc) is 3.19. The van der Waals surface area contributed by atoms with Crippen molar-refractivity contribution in [1.82, 2.24) is 15.8 Å². The van der Waals surface area contributed by atoms with Crippen LogP contribution < -0.4 is 20.1 Å². The zero-order chi connectivity index (χ0) is 23.6. The number of aliphatic hydroxyl groups excluding tert-OH is 1. The van der Waals surface area contributed by atoms with Crippen LogP contribution in [-0.2, 0) is 9.59 Å². The van der Waals surface area contributed by atoms with Gasteiger partial charge in [-0.05, 0) is 56.3 Å². The maximum absolute atomic E-state index is 13.5. The van der Waals surface area contributed by atoms with E-state index in [9.17, 15) is 19.1 Å². The Morgan fingerprint density at radius 3 is 2.52 bits per heavy atom. The van der Waals surface area contributed by atoms with Crippen molar-refractivity contribution < 1.29 is 33.1 Å². The van der Waals surface area contributed by atoms with Gasteiger partial charge in [0.25, 0.3) is 17.7 Å². The molecule has 2 aromatic rings. The van der Waals surface area contributed by atoms with E-state index in [1.807, 2.05) is 0 Å². The number of carbonyl (C=O) groups is 2. The van der Waals surface area contributed by atoms with E-state index in [0.29, 0.717) is 37.9 Å². The van der Waals surface area contributed by atoms with Crippen LogP contribution in [0.5, 0.6) is 11.6 Å². The van der Waals surface area contributed by atoms with Crippen molar-refractivity contribution in [3.8, 4) is 11.6 Å². The molecular weight excluding hydrogens is 457 g/mol. The number of aryl methyl sites for hydroxylation is 1. The second-order valence-corrected chi connectivity index (χ2v) is 9.09. The third kappa shape index (κ3) is 5.22. The minimum atomic E-state index is -0.837. The number of rotatable bonds is 8. The first-order valence-corrected chi connectivity index (χ1v) is 11.0. The molecule has 2 bridgehead atoms. The summed E-state index contributed by atoms with van der Waals surface area (Å²) in [6.45, 7) is 1.18. The molecule has 1 aromatic heterocycles. The third-order valence-electron chi connectivity index (χ3n) is 6.33. The van der Waals surface area contributed by atoms with Gasteiger partial charge in [0.1, 0.15) is 17.3 Å². The van der Waals surface area contributed by atoms with E-state index in [2.05, 4.69) is 15.8 Å². The molecule has 5 rings (SSSR count). The van der Waals surface area contributed by atoms with Gasteiger partial charge in [-0.25, -0.2) is 4.39 Å². The number of aliphatic hydroxyl groups is 1. The SMILES string of the molecule is Cc1cc(OCC(=O)NC23CCC(NC(=O)COc4ccc(Cl)c(F)c4)(CC2)[C@@H](O)C3)no1. The Labute approximate surface area is 194 Å². The van der Waals surface area contributed by atoms with Crippen molar-refractivity contribution >= 4 is 23.4 Å². The molecule has 11 heteroatoms. The third-order valence-corrected chi connectivity index (χ3v) is 6.64. The van der Waals surface area contributed by atoms with E-state index in [1.54, 1.807) is 13.0 Å². The average molecular weight is 482 g/mol. The lowest BCUT2D eigenvalue weighted by molar-refractivity contribution is -0.137. The fourth-order valence-electron chi connectivity index (χ4n) is 4.57. The summed E-state index contributed by atoms with van der Waals surface area (Å²) in [4.78, 5) is 24.9. The van der Waals surface area contributed by atoms with Crippen molar-refractivity contribution in [2.24, 2.45) is 0 Å². The number of hydrogen-bond acceptors (Lipinski definition) is 7. The molecule has 178 valence electrons. The predicted octanol–water partition coefficient (Wildman–Crippen LogP) is 2.28. The number of amides is 2. The molecule has 3 fully saturated rings. The highest BCUT2D eigenvalue weighted by Gasteiger charge is 2.55. The molecule has 3 aliphatic carbocycles. The van der Waals surface area contributed by atoms with Crippen LogP contribution in [0.15, 0.2) is 28.8 Å². The first kappa shape index (κ1) is 23.3. The molecule has 3 saturated carbocycles. The minimum absolute atomic E-state index is 0.0337. The summed E-state index contributed by atoms with van der Waals surface area (Å²) in [5, 5.41) is 20.3. The Kier molecular flexibility index (Phi) is 6.49. The van der Waals surface area contributed by atoms with Gasteiger partial charge >= 0.3 is 0 Å². The maximum Gasteiger partial charge on any atom is 0.258 e. The number of halogens is 2. The van der Waals surface area contributed by atoms with Crippen molar-refractivity contribution in [3.63, 3.8) is 0 Å². The van der Waals surface area contributed by atoms with Gasteiger partial charge in [-0.3, -0.25) is 9.59 Å². The van der Waals surface area contributed by atoms with Gasteiger partial charge in [-0.15, -0.1) is 0 Å². The molecule has 1 aromatic carbocycles. The van der Waals surface area contributed by atoms with Gasteiger partial charge in [0.2, 0.25) is 0 Å². The quantitative estimate of drug-likeness (QED) is 0.528. The summed E-state index contributed by atoms with van der Waals surface area (Å²) >= 11 is 5.64. The summed E-state index contributed by atoms with van der Waals surface area (Å²) in [7, 11) is 0. The van der Waals surface area contributed by atoms with E-state index in [-0.39, 0.29) is 35.8 Å². The normalized spacial score (nSPS) is 26.0. The minimum Gasteiger partial charge on any atom is -0.484 e. The Bertz CT molecular complexity index is 1040. The van der Waals surface area contributed by atoms with Crippen LogP contribution >= 0.6 is 11.6 Å². The molecule has 2 amide bonds. The maximum atomic E-state index is 13.5. The summed E-state index contributed by atoms with van der Waals surface area (Å²) in [5.74, 6) is -0.372. The van der Waals surface area contributed by atoms with Crippen LogP contribution in [0.2, 0.25) is 5.02 Å². The number of aromatic nitrogens is 1. The van der Waals surface area contributed by atoms with E-state index in [4.69, 9.17) is 25.6 Å². The number of carbonyl (C=O) groups excluding carboxylic acids is 2. The Balaban J connectivity index is 1.28. The highest BCUT2D eigenvalue weighted by molar-refractivity contribution is 6.30. The molecule has 0 unspecified atom stereocenters. The fourth-order valence-corrected chi connectivity index (χ4v) is 4.69. The smallest absolute Gasteiger partial charge is 0.258 e. The zero-order valence-electron chi connectivity index (χ0n) is 18.0. The van der Waals surface area contributed by atoms with Crippen LogP contribution in [0.1, 0.15) is 37.9 Å². The standard InChI is InChI=1S/C22H25ClFN3O6/c1-13-8-20(27-33-13)32-12-18(29)25-21-4-6-22(7-5-21,17(28)10-21)26-19(30)11-31-14-2-3-15(23)16(24)9-14/h2-3,8-9,17,28H,4-7,10-12H2,1H3,(H,25,29)(H,26,30)/t17-,21?,22?/m0/s1. The number of hydrogen-bond donors (Lipinski definition) is 3. The van der Waals surface area contributed by atoms with Crippen molar-refractivity contribution in [3.05, 3.63) is 40.9 Å². The highest BCUT2D eigenvalue weighted by Crippen LogP contribution is 2.47. The van der Waals surface area contributed by atoms with E-state index in [1.165, 1.54) is 12.1 Å².